The van der Waals surface area contributed by atoms with Gasteiger partial charge in [0.05, 0.1) is 30.6 Å². The zero-order valence-electron chi connectivity index (χ0n) is 29.7. The van der Waals surface area contributed by atoms with E-state index in [0.29, 0.717) is 47.4 Å². The third-order valence-electron chi connectivity index (χ3n) is 9.38. The highest BCUT2D eigenvalue weighted by Gasteiger charge is 2.36. The van der Waals surface area contributed by atoms with Crippen molar-refractivity contribution >= 4 is 35.0 Å². The molecule has 0 radical (unpaired) electrons. The van der Waals surface area contributed by atoms with E-state index in [9.17, 15) is 14.7 Å². The van der Waals surface area contributed by atoms with Crippen molar-refractivity contribution in [2.45, 2.75) is 57.2 Å². The van der Waals surface area contributed by atoms with Crippen LogP contribution in [0, 0.1) is 5.92 Å². The lowest BCUT2D eigenvalue weighted by molar-refractivity contribution is -0.133. The Morgan fingerprint density at radius 2 is 1.78 bits per heavy atom. The first kappa shape index (κ1) is 38.3. The fourth-order valence-corrected chi connectivity index (χ4v) is 6.71. The van der Waals surface area contributed by atoms with Gasteiger partial charge in [-0.2, -0.15) is 0 Å². The van der Waals surface area contributed by atoms with Crippen LogP contribution < -0.4 is 20.7 Å². The Bertz CT molecular complexity index is 1770. The van der Waals surface area contributed by atoms with Gasteiger partial charge in [0.25, 0.3) is 0 Å². The molecule has 4 N–H and O–H groups in total. The van der Waals surface area contributed by atoms with Gasteiger partial charge >= 0.3 is 0 Å². The van der Waals surface area contributed by atoms with Gasteiger partial charge in [0.15, 0.2) is 0 Å². The number of hydrogen-bond acceptors (Lipinski definition) is 7. The zero-order valence-corrected chi connectivity index (χ0v) is 31.2. The van der Waals surface area contributed by atoms with E-state index >= 15 is 0 Å². The zero-order chi connectivity index (χ0) is 36.5. The molecule has 1 saturated heterocycles. The fraction of sp³-hybridized carbons (Fsp3) is 0.410. The molecule has 0 saturated carbocycles. The number of benzene rings is 3. The topological polar surface area (TPSA) is 121 Å². The Kier molecular flexibility index (Phi) is 13.2. The Hall–Kier alpha value is -3.93. The van der Waals surface area contributed by atoms with Crippen molar-refractivity contribution in [1.29, 1.82) is 0 Å². The van der Waals surface area contributed by atoms with Crippen LogP contribution in [0.5, 0.6) is 11.5 Å². The molecule has 272 valence electrons. The van der Waals surface area contributed by atoms with Crippen molar-refractivity contribution in [3.63, 3.8) is 0 Å². The van der Waals surface area contributed by atoms with Gasteiger partial charge in [-0.3, -0.25) is 9.59 Å². The summed E-state index contributed by atoms with van der Waals surface area (Å²) in [6, 6.07) is 19.8. The minimum Gasteiger partial charge on any atom is -0.457 e. The second-order valence-corrected chi connectivity index (χ2v) is 14.6. The van der Waals surface area contributed by atoms with Crippen molar-refractivity contribution in [3.8, 4) is 22.8 Å². The second kappa shape index (κ2) is 17.5. The number of nitrogens with zero attached hydrogens (tertiary/aromatic N) is 3. The van der Waals surface area contributed by atoms with Crippen LogP contribution in [-0.2, 0) is 36.0 Å². The van der Waals surface area contributed by atoms with E-state index in [0.717, 1.165) is 54.1 Å². The molecule has 12 heteroatoms. The van der Waals surface area contributed by atoms with Crippen LogP contribution in [0.2, 0.25) is 10.0 Å². The summed E-state index contributed by atoms with van der Waals surface area (Å²) in [6.45, 7) is 3.50. The van der Waals surface area contributed by atoms with Crippen LogP contribution in [0.25, 0.3) is 11.3 Å². The number of amides is 2. The van der Waals surface area contributed by atoms with E-state index in [1.165, 1.54) is 0 Å². The van der Waals surface area contributed by atoms with Crippen molar-refractivity contribution in [2.75, 3.05) is 33.8 Å². The number of aryl methyl sites for hydroxylation is 1. The van der Waals surface area contributed by atoms with Crippen molar-refractivity contribution < 1.29 is 19.4 Å². The number of hydrogen-bond donors (Lipinski definition) is 4. The molecule has 1 aliphatic rings. The molecular formula is C39H48Cl2N6O4. The SMILES string of the molecule is C[C@H](CCc1ccc(Cl)cc1Oc1ccc(-c2cnc(CN(C)C)n2C)cc1)C(=O)N[C@@H](CO)C(=O)N[C@@]1(Cc2ccc(Cl)cc2)CCCNC1. The van der Waals surface area contributed by atoms with Gasteiger partial charge in [-0.15, -0.1) is 0 Å². The molecule has 1 aliphatic heterocycles. The summed E-state index contributed by atoms with van der Waals surface area (Å²) in [4.78, 5) is 33.4. The van der Waals surface area contributed by atoms with E-state index < -0.39 is 30.0 Å². The van der Waals surface area contributed by atoms with Gasteiger partial charge in [0.1, 0.15) is 23.4 Å². The van der Waals surface area contributed by atoms with Crippen molar-refractivity contribution in [1.82, 2.24) is 30.4 Å². The molecule has 4 aromatic rings. The molecule has 3 aromatic carbocycles. The molecule has 0 unspecified atom stereocenters. The minimum absolute atomic E-state index is 0.311. The first-order chi connectivity index (χ1) is 24.4. The lowest BCUT2D eigenvalue weighted by Crippen LogP contribution is -2.63. The number of aliphatic hydroxyl groups is 1. The molecular weight excluding hydrogens is 687 g/mol. The predicted octanol–water partition coefficient (Wildman–Crippen LogP) is 5.77. The largest absolute Gasteiger partial charge is 0.457 e. The third kappa shape index (κ3) is 10.3. The highest BCUT2D eigenvalue weighted by Crippen LogP contribution is 2.32. The standard InChI is InChI=1S/C39H48Cl2N6O4/c1-26(37(49)44-33(24-48)38(50)45-39(18-5-19-42-25-39)21-27-7-13-30(40)14-8-27)6-9-29-10-15-31(41)20-35(29)51-32-16-11-28(12-17-32)34-22-43-36(47(34)4)23-46(2)3/h7-8,10-17,20,22,26,33,42,48H,5-6,9,18-19,21,23-25H2,1-4H3,(H,44,49)(H,45,50)/t26-,33+,39-/m1/s1. The monoisotopic (exact) mass is 734 g/mol. The fourth-order valence-electron chi connectivity index (χ4n) is 6.42. The normalized spacial score (nSPS) is 17.2. The van der Waals surface area contributed by atoms with Gasteiger partial charge in [0.2, 0.25) is 11.8 Å². The van der Waals surface area contributed by atoms with Crippen LogP contribution in [0.4, 0.5) is 0 Å². The summed E-state index contributed by atoms with van der Waals surface area (Å²) in [6.07, 6.45) is 5.17. The van der Waals surface area contributed by atoms with Crippen LogP contribution in [0.3, 0.4) is 0 Å². The van der Waals surface area contributed by atoms with Crippen LogP contribution >= 0.6 is 23.2 Å². The van der Waals surface area contributed by atoms with Crippen molar-refractivity contribution in [3.05, 3.63) is 99.9 Å². The second-order valence-electron chi connectivity index (χ2n) is 13.8. The van der Waals surface area contributed by atoms with Gasteiger partial charge in [-0.25, -0.2) is 4.98 Å². The quantitative estimate of drug-likeness (QED) is 0.122. The maximum Gasteiger partial charge on any atom is 0.245 e. The highest BCUT2D eigenvalue weighted by atomic mass is 35.5. The highest BCUT2D eigenvalue weighted by molar-refractivity contribution is 6.31. The summed E-state index contributed by atoms with van der Waals surface area (Å²) in [5.41, 5.74) is 3.43. The van der Waals surface area contributed by atoms with Gasteiger partial charge < -0.3 is 35.3 Å². The summed E-state index contributed by atoms with van der Waals surface area (Å²) < 4.78 is 8.38. The molecule has 0 spiro atoms. The summed E-state index contributed by atoms with van der Waals surface area (Å²) in [7, 11) is 6.05. The van der Waals surface area contributed by atoms with Crippen LogP contribution in [0.1, 0.15) is 43.1 Å². The number of rotatable bonds is 15. The molecule has 5 rings (SSSR count). The number of piperidine rings is 1. The Morgan fingerprint density at radius 3 is 2.45 bits per heavy atom. The lowest BCUT2D eigenvalue weighted by Gasteiger charge is -2.39. The summed E-state index contributed by atoms with van der Waals surface area (Å²) in [5, 5.41) is 20.7. The average Bonchev–Trinajstić information content (AvgIpc) is 3.46. The first-order valence-electron chi connectivity index (χ1n) is 17.4. The van der Waals surface area contributed by atoms with E-state index in [-0.39, 0.29) is 5.91 Å². The average molecular weight is 736 g/mol. The number of nitrogens with one attached hydrogen (secondary N) is 3. The molecule has 1 aromatic heterocycles. The smallest absolute Gasteiger partial charge is 0.245 e. The van der Waals surface area contributed by atoms with E-state index in [1.807, 2.05) is 88.9 Å². The van der Waals surface area contributed by atoms with Crippen molar-refractivity contribution in [2.24, 2.45) is 13.0 Å². The van der Waals surface area contributed by atoms with Gasteiger partial charge in [-0.05, 0) is 112 Å². The molecule has 0 bridgehead atoms. The van der Waals surface area contributed by atoms with E-state index in [4.69, 9.17) is 27.9 Å². The van der Waals surface area contributed by atoms with Gasteiger partial charge in [0, 0.05) is 35.1 Å². The van der Waals surface area contributed by atoms with Crippen LogP contribution in [-0.4, -0.2) is 76.7 Å². The Balaban J connectivity index is 1.18. The number of aliphatic hydroxyl groups excluding tert-OH is 1. The first-order valence-corrected chi connectivity index (χ1v) is 18.1. The summed E-state index contributed by atoms with van der Waals surface area (Å²) in [5.74, 6) is 1.08. The molecule has 2 amide bonds. The van der Waals surface area contributed by atoms with Gasteiger partial charge in [-0.1, -0.05) is 48.3 Å². The third-order valence-corrected chi connectivity index (χ3v) is 9.86. The Morgan fingerprint density at radius 1 is 1.06 bits per heavy atom. The van der Waals surface area contributed by atoms with Crippen LogP contribution in [0.15, 0.2) is 72.9 Å². The number of aromatic nitrogens is 2. The number of imidazole rings is 1. The summed E-state index contributed by atoms with van der Waals surface area (Å²) >= 11 is 12.4. The van der Waals surface area contributed by atoms with E-state index in [2.05, 4.69) is 30.4 Å². The molecule has 51 heavy (non-hydrogen) atoms. The lowest BCUT2D eigenvalue weighted by atomic mass is 9.83. The molecule has 1 fully saturated rings. The predicted molar refractivity (Wildman–Crippen MR) is 202 cm³/mol. The number of carbonyl (C=O) groups excluding carboxylic acids is 2. The van der Waals surface area contributed by atoms with E-state index in [1.54, 1.807) is 12.1 Å². The maximum absolute atomic E-state index is 13.5. The number of halogens is 2. The Labute approximate surface area is 310 Å². The molecule has 2 heterocycles. The maximum atomic E-state index is 13.5. The molecule has 0 aliphatic carbocycles. The number of carbonyl (C=O) groups is 2. The minimum atomic E-state index is -1.08. The number of ether oxygens (including phenoxy) is 1. The molecule has 3 atom stereocenters. The molecule has 10 nitrogen and oxygen atoms in total.